The molecule has 4 rings (SSSR count). The number of hydrogen-bond acceptors (Lipinski definition) is 6. The Balaban J connectivity index is 1.77. The van der Waals surface area contributed by atoms with Gasteiger partial charge in [-0.3, -0.25) is 4.99 Å². The Morgan fingerprint density at radius 2 is 1.86 bits per heavy atom. The van der Waals surface area contributed by atoms with Gasteiger partial charge in [-0.2, -0.15) is 0 Å². The Labute approximate surface area is 174 Å². The van der Waals surface area contributed by atoms with Crippen LogP contribution in [0.4, 0.5) is 0 Å². The van der Waals surface area contributed by atoms with Gasteiger partial charge in [-0.1, -0.05) is 12.1 Å². The summed E-state index contributed by atoms with van der Waals surface area (Å²) in [5.41, 5.74) is 3.24. The largest absolute Gasteiger partial charge is 0.497 e. The maximum Gasteiger partial charge on any atom is 0.169 e. The van der Waals surface area contributed by atoms with Crippen molar-refractivity contribution in [3.8, 4) is 23.0 Å². The van der Waals surface area contributed by atoms with Gasteiger partial charge in [0.15, 0.2) is 11.5 Å². The van der Waals surface area contributed by atoms with E-state index >= 15 is 0 Å². The second-order valence-electron chi connectivity index (χ2n) is 6.45. The summed E-state index contributed by atoms with van der Waals surface area (Å²) in [5, 5.41) is 5.37. The molecule has 6 heteroatoms. The highest BCUT2D eigenvalue weighted by atomic mass is 32.1. The molecule has 0 spiro atoms. The number of benzene rings is 2. The fourth-order valence-electron chi connectivity index (χ4n) is 3.14. The van der Waals surface area contributed by atoms with Crippen LogP contribution >= 0.6 is 11.3 Å². The molecule has 1 N–H and O–H groups in total. The van der Waals surface area contributed by atoms with Gasteiger partial charge in [0.2, 0.25) is 0 Å². The molecule has 2 aromatic carbocycles. The zero-order valence-corrected chi connectivity index (χ0v) is 17.2. The number of nitrogens with one attached hydrogen (secondary N) is 1. The van der Waals surface area contributed by atoms with Crippen LogP contribution < -0.4 is 19.5 Å². The van der Waals surface area contributed by atoms with E-state index in [0.717, 1.165) is 33.9 Å². The Kier molecular flexibility index (Phi) is 5.81. The van der Waals surface area contributed by atoms with Gasteiger partial charge in [-0.15, -0.1) is 11.3 Å². The van der Waals surface area contributed by atoms with Crippen LogP contribution in [0.5, 0.6) is 23.0 Å². The van der Waals surface area contributed by atoms with Gasteiger partial charge in [0.1, 0.15) is 11.5 Å². The number of ether oxygens (including phenoxy) is 3. The highest BCUT2D eigenvalue weighted by Crippen LogP contribution is 2.37. The maximum absolute atomic E-state index is 6.15. The molecule has 29 heavy (non-hydrogen) atoms. The van der Waals surface area contributed by atoms with Crippen molar-refractivity contribution in [2.24, 2.45) is 4.99 Å². The van der Waals surface area contributed by atoms with E-state index in [-0.39, 0.29) is 0 Å². The highest BCUT2D eigenvalue weighted by molar-refractivity contribution is 7.11. The minimum atomic E-state index is 0.654. The Bertz CT molecular complexity index is 1040. The lowest BCUT2D eigenvalue weighted by Crippen LogP contribution is -2.08. The van der Waals surface area contributed by atoms with E-state index in [1.807, 2.05) is 42.5 Å². The van der Waals surface area contributed by atoms with Crippen LogP contribution in [0.25, 0.3) is 11.8 Å². The van der Waals surface area contributed by atoms with Crippen molar-refractivity contribution in [3.63, 3.8) is 0 Å². The van der Waals surface area contributed by atoms with Crippen LogP contribution in [0.3, 0.4) is 0 Å². The smallest absolute Gasteiger partial charge is 0.169 e. The average molecular weight is 407 g/mol. The van der Waals surface area contributed by atoms with Crippen LogP contribution in [0, 0.1) is 0 Å². The van der Waals surface area contributed by atoms with Crippen molar-refractivity contribution in [2.45, 2.75) is 6.42 Å². The summed E-state index contributed by atoms with van der Waals surface area (Å²) in [4.78, 5) is 5.60. The third-order valence-electron chi connectivity index (χ3n) is 4.60. The molecule has 1 aromatic heterocycles. The number of thiophene rings is 1. The van der Waals surface area contributed by atoms with Gasteiger partial charge in [0.25, 0.3) is 0 Å². The average Bonchev–Trinajstić information content (AvgIpc) is 3.30. The number of nitrogens with zero attached hydrogens (tertiary/aromatic N) is 1. The van der Waals surface area contributed by atoms with E-state index in [1.165, 1.54) is 0 Å². The first-order valence-corrected chi connectivity index (χ1v) is 10.2. The molecule has 148 valence electrons. The molecule has 0 amide bonds. The Morgan fingerprint density at radius 3 is 2.66 bits per heavy atom. The summed E-state index contributed by atoms with van der Waals surface area (Å²) in [6.07, 6.45) is 4.72. The molecule has 0 radical (unpaired) electrons. The van der Waals surface area contributed by atoms with E-state index in [9.17, 15) is 0 Å². The van der Waals surface area contributed by atoms with E-state index < -0.39 is 0 Å². The van der Waals surface area contributed by atoms with E-state index in [2.05, 4.69) is 27.8 Å². The van der Waals surface area contributed by atoms with Crippen LogP contribution in [-0.2, 0) is 6.42 Å². The normalized spacial score (nSPS) is 13.2. The first kappa shape index (κ1) is 19.1. The zero-order chi connectivity index (χ0) is 20.1. The third kappa shape index (κ3) is 4.43. The van der Waals surface area contributed by atoms with E-state index in [0.29, 0.717) is 23.8 Å². The lowest BCUT2D eigenvalue weighted by molar-refractivity contribution is 0.375. The number of rotatable bonds is 5. The van der Waals surface area contributed by atoms with Gasteiger partial charge < -0.3 is 19.5 Å². The standard InChI is InChI=1S/C23H22N2O3S/c1-26-18-5-3-6-19(14-18)28-22-13-17-11-20(23-7-4-10-29-23)25-15-24-9-8-16(17)12-21(22)27-2/h3-7,10-15H,8-9H2,1-2H3,(H,24,25). The van der Waals surface area contributed by atoms with Crippen molar-refractivity contribution < 1.29 is 14.2 Å². The summed E-state index contributed by atoms with van der Waals surface area (Å²) in [7, 11) is 3.29. The number of aliphatic imine (C=N–C) groups is 1. The predicted octanol–water partition coefficient (Wildman–Crippen LogP) is 5.23. The van der Waals surface area contributed by atoms with E-state index in [1.54, 1.807) is 31.9 Å². The van der Waals surface area contributed by atoms with Gasteiger partial charge in [-0.05, 0) is 59.3 Å². The molecule has 0 saturated carbocycles. The Hall–Kier alpha value is -3.25. The van der Waals surface area contributed by atoms with Gasteiger partial charge in [0, 0.05) is 12.6 Å². The molecule has 1 aliphatic rings. The lowest BCUT2D eigenvalue weighted by atomic mass is 10.0. The van der Waals surface area contributed by atoms with Crippen LogP contribution in [0.1, 0.15) is 16.0 Å². The highest BCUT2D eigenvalue weighted by Gasteiger charge is 2.14. The fraction of sp³-hybridized carbons (Fsp3) is 0.174. The number of methoxy groups -OCH3 is 2. The summed E-state index contributed by atoms with van der Waals surface area (Å²) in [6.45, 7) is 0.699. The number of fused-ring (bicyclic) bond motifs is 1. The lowest BCUT2D eigenvalue weighted by Gasteiger charge is -2.15. The molecule has 2 heterocycles. The molecule has 3 aromatic rings. The first-order valence-electron chi connectivity index (χ1n) is 9.30. The molecule has 0 atom stereocenters. The summed E-state index contributed by atoms with van der Waals surface area (Å²) < 4.78 is 17.1. The van der Waals surface area contributed by atoms with Gasteiger partial charge >= 0.3 is 0 Å². The molecular formula is C23H22N2O3S. The quantitative estimate of drug-likeness (QED) is 0.630. The van der Waals surface area contributed by atoms with Crippen molar-refractivity contribution in [1.29, 1.82) is 0 Å². The van der Waals surface area contributed by atoms with Crippen LogP contribution in [0.15, 0.2) is 58.9 Å². The van der Waals surface area contributed by atoms with Crippen LogP contribution in [0.2, 0.25) is 0 Å². The molecule has 0 aliphatic carbocycles. The zero-order valence-electron chi connectivity index (χ0n) is 16.3. The summed E-state index contributed by atoms with van der Waals surface area (Å²) in [6, 6.07) is 15.7. The minimum absolute atomic E-state index is 0.654. The van der Waals surface area contributed by atoms with Crippen molar-refractivity contribution in [3.05, 3.63) is 69.9 Å². The second kappa shape index (κ2) is 8.84. The van der Waals surface area contributed by atoms with Crippen molar-refractivity contribution in [2.75, 3.05) is 20.8 Å². The van der Waals surface area contributed by atoms with Crippen molar-refractivity contribution in [1.82, 2.24) is 5.32 Å². The molecule has 5 nitrogen and oxygen atoms in total. The molecular weight excluding hydrogens is 384 g/mol. The predicted molar refractivity (Wildman–Crippen MR) is 118 cm³/mol. The van der Waals surface area contributed by atoms with E-state index in [4.69, 9.17) is 14.2 Å². The monoisotopic (exact) mass is 406 g/mol. The van der Waals surface area contributed by atoms with Crippen molar-refractivity contribution >= 4 is 29.4 Å². The molecule has 1 aliphatic heterocycles. The number of hydrogen-bond donors (Lipinski definition) is 1. The fourth-order valence-corrected chi connectivity index (χ4v) is 3.84. The molecule has 0 fully saturated rings. The van der Waals surface area contributed by atoms with Gasteiger partial charge in [0.05, 0.1) is 31.1 Å². The van der Waals surface area contributed by atoms with Crippen LogP contribution in [-0.4, -0.2) is 27.1 Å². The second-order valence-corrected chi connectivity index (χ2v) is 7.40. The topological polar surface area (TPSA) is 52.1 Å². The first-order chi connectivity index (χ1) is 14.3. The van der Waals surface area contributed by atoms with Gasteiger partial charge in [-0.25, -0.2) is 0 Å². The molecule has 0 unspecified atom stereocenters. The maximum atomic E-state index is 6.15. The molecule has 0 bridgehead atoms. The summed E-state index contributed by atoms with van der Waals surface area (Å²) in [5.74, 6) is 2.77. The SMILES string of the molecule is COc1cccc(Oc2cc3c(cc2OC)CCN=CNC(c2cccs2)=C3)c1. The minimum Gasteiger partial charge on any atom is -0.497 e. The molecule has 0 saturated heterocycles. The Morgan fingerprint density at radius 1 is 0.966 bits per heavy atom. The third-order valence-corrected chi connectivity index (χ3v) is 5.51. The summed E-state index contributed by atoms with van der Waals surface area (Å²) >= 11 is 1.68.